The fourth-order valence-corrected chi connectivity index (χ4v) is 5.72. The summed E-state index contributed by atoms with van der Waals surface area (Å²) in [4.78, 5) is 23.4. The summed E-state index contributed by atoms with van der Waals surface area (Å²) in [6.45, 7) is 4.36. The monoisotopic (exact) mass is 420 g/mol. The highest BCUT2D eigenvalue weighted by atomic mass is 16.4. The molecule has 0 unspecified atom stereocenters. The molecule has 0 radical (unpaired) electrons. The maximum Gasteiger partial charge on any atom is 0.307 e. The van der Waals surface area contributed by atoms with Crippen LogP contribution in [0.4, 0.5) is 17.2 Å². The second-order valence-electron chi connectivity index (χ2n) is 9.11. The van der Waals surface area contributed by atoms with Crippen LogP contribution in [0.25, 0.3) is 0 Å². The highest BCUT2D eigenvalue weighted by Crippen LogP contribution is 2.37. The maximum atomic E-state index is 11.1. The van der Waals surface area contributed by atoms with Crippen molar-refractivity contribution in [2.24, 2.45) is 0 Å². The van der Waals surface area contributed by atoms with Crippen LogP contribution in [0.1, 0.15) is 44.1 Å². The van der Waals surface area contributed by atoms with Crippen molar-refractivity contribution in [3.05, 3.63) is 48.2 Å². The van der Waals surface area contributed by atoms with Crippen LogP contribution in [0.15, 0.2) is 42.6 Å². The Balaban J connectivity index is 1.35. The van der Waals surface area contributed by atoms with Gasteiger partial charge in [0.15, 0.2) is 0 Å². The molecular weight excluding hydrogens is 388 g/mol. The molecule has 2 atom stereocenters. The van der Waals surface area contributed by atoms with Crippen molar-refractivity contribution in [2.45, 2.75) is 57.0 Å². The standard InChI is InChI=1S/C25H32N4O2/c30-25(31)17-19-6-4-7-21(16-19)28-14-5-8-22-23(28)10-15-29(22)24-18-20(9-11-26-24)27-12-2-1-3-13-27/h4,6-7,9,11,16,18,22-23H,1-3,5,8,10,12-15,17H2,(H,30,31)/t22-,23-/m1/s1. The number of benzene rings is 1. The molecule has 5 rings (SSSR count). The van der Waals surface area contributed by atoms with Crippen LogP contribution in [0.2, 0.25) is 0 Å². The predicted molar refractivity (Wildman–Crippen MR) is 124 cm³/mol. The van der Waals surface area contributed by atoms with Crippen molar-refractivity contribution in [2.75, 3.05) is 40.9 Å². The van der Waals surface area contributed by atoms with E-state index in [1.54, 1.807) is 0 Å². The Morgan fingerprint density at radius 3 is 2.58 bits per heavy atom. The van der Waals surface area contributed by atoms with E-state index in [0.29, 0.717) is 12.1 Å². The highest BCUT2D eigenvalue weighted by Gasteiger charge is 2.41. The number of anilines is 3. The fraction of sp³-hybridized carbons (Fsp3) is 0.520. The number of rotatable bonds is 5. The number of pyridine rings is 1. The van der Waals surface area contributed by atoms with E-state index in [-0.39, 0.29) is 6.42 Å². The van der Waals surface area contributed by atoms with Gasteiger partial charge in [0.25, 0.3) is 0 Å². The molecule has 6 heteroatoms. The zero-order chi connectivity index (χ0) is 21.2. The molecule has 164 valence electrons. The molecule has 0 amide bonds. The van der Waals surface area contributed by atoms with E-state index < -0.39 is 5.97 Å². The summed E-state index contributed by atoms with van der Waals surface area (Å²) >= 11 is 0. The summed E-state index contributed by atoms with van der Waals surface area (Å²) in [5.41, 5.74) is 3.34. The lowest BCUT2D eigenvalue weighted by Crippen LogP contribution is -2.50. The van der Waals surface area contributed by atoms with Gasteiger partial charge in [-0.25, -0.2) is 4.98 Å². The Labute approximate surface area is 184 Å². The summed E-state index contributed by atoms with van der Waals surface area (Å²) in [5.74, 6) is 0.331. The predicted octanol–water partition coefficient (Wildman–Crippen LogP) is 3.95. The van der Waals surface area contributed by atoms with Gasteiger partial charge in [-0.1, -0.05) is 12.1 Å². The molecule has 1 aromatic carbocycles. The Bertz CT molecular complexity index is 927. The largest absolute Gasteiger partial charge is 0.481 e. The maximum absolute atomic E-state index is 11.1. The third-order valence-electron chi connectivity index (χ3n) is 7.15. The van der Waals surface area contributed by atoms with Gasteiger partial charge in [-0.15, -0.1) is 0 Å². The molecule has 3 fully saturated rings. The first kappa shape index (κ1) is 20.2. The SMILES string of the molecule is O=C(O)Cc1cccc(N2CCC[C@@H]3[C@H]2CCN3c2cc(N3CCCCC3)ccn2)c1. The van der Waals surface area contributed by atoms with Crippen LogP contribution in [0.3, 0.4) is 0 Å². The van der Waals surface area contributed by atoms with Gasteiger partial charge in [0.05, 0.1) is 18.5 Å². The number of fused-ring (bicyclic) bond motifs is 1. The van der Waals surface area contributed by atoms with E-state index in [1.807, 2.05) is 18.3 Å². The second-order valence-corrected chi connectivity index (χ2v) is 9.11. The van der Waals surface area contributed by atoms with E-state index in [4.69, 9.17) is 10.1 Å². The molecule has 0 saturated carbocycles. The molecule has 0 aliphatic carbocycles. The zero-order valence-corrected chi connectivity index (χ0v) is 18.1. The van der Waals surface area contributed by atoms with Crippen LogP contribution >= 0.6 is 0 Å². The number of carboxylic acid groups (broad SMARTS) is 1. The van der Waals surface area contributed by atoms with Gasteiger partial charge in [-0.3, -0.25) is 4.79 Å². The van der Waals surface area contributed by atoms with E-state index in [0.717, 1.165) is 56.1 Å². The van der Waals surface area contributed by atoms with Gasteiger partial charge in [0.1, 0.15) is 5.82 Å². The van der Waals surface area contributed by atoms with Crippen molar-refractivity contribution >= 4 is 23.2 Å². The summed E-state index contributed by atoms with van der Waals surface area (Å²) in [6.07, 6.45) is 9.40. The molecule has 0 spiro atoms. The van der Waals surface area contributed by atoms with E-state index in [2.05, 4.69) is 39.0 Å². The number of hydrogen-bond donors (Lipinski definition) is 1. The van der Waals surface area contributed by atoms with Crippen LogP contribution in [0.5, 0.6) is 0 Å². The summed E-state index contributed by atoms with van der Waals surface area (Å²) < 4.78 is 0. The Hall–Kier alpha value is -2.76. The van der Waals surface area contributed by atoms with E-state index in [9.17, 15) is 4.79 Å². The van der Waals surface area contributed by atoms with Crippen LogP contribution in [-0.4, -0.2) is 54.3 Å². The molecule has 6 nitrogen and oxygen atoms in total. The minimum atomic E-state index is -0.777. The first-order valence-electron chi connectivity index (χ1n) is 11.7. The first-order valence-corrected chi connectivity index (χ1v) is 11.7. The minimum absolute atomic E-state index is 0.0785. The topological polar surface area (TPSA) is 59.9 Å². The molecule has 3 saturated heterocycles. The summed E-state index contributed by atoms with van der Waals surface area (Å²) in [7, 11) is 0. The number of piperidine rings is 2. The molecule has 2 aromatic rings. The van der Waals surface area contributed by atoms with E-state index in [1.165, 1.54) is 31.4 Å². The molecule has 3 aliphatic heterocycles. The van der Waals surface area contributed by atoms with Crippen molar-refractivity contribution in [3.8, 4) is 0 Å². The Kier molecular flexibility index (Phi) is 5.70. The van der Waals surface area contributed by atoms with Gasteiger partial charge in [-0.2, -0.15) is 0 Å². The van der Waals surface area contributed by atoms with Gasteiger partial charge in [0, 0.05) is 49.8 Å². The molecule has 31 heavy (non-hydrogen) atoms. The molecular formula is C25H32N4O2. The van der Waals surface area contributed by atoms with Gasteiger partial charge >= 0.3 is 5.97 Å². The van der Waals surface area contributed by atoms with E-state index >= 15 is 0 Å². The molecule has 1 aromatic heterocycles. The number of carboxylic acids is 1. The number of carbonyl (C=O) groups is 1. The van der Waals surface area contributed by atoms with Crippen molar-refractivity contribution in [1.82, 2.24) is 4.98 Å². The third-order valence-corrected chi connectivity index (χ3v) is 7.15. The minimum Gasteiger partial charge on any atom is -0.481 e. The van der Waals surface area contributed by atoms with Crippen molar-refractivity contribution < 1.29 is 9.90 Å². The van der Waals surface area contributed by atoms with Gasteiger partial charge < -0.3 is 19.8 Å². The quantitative estimate of drug-likeness (QED) is 0.791. The van der Waals surface area contributed by atoms with Gasteiger partial charge in [0.2, 0.25) is 0 Å². The van der Waals surface area contributed by atoms with Crippen LogP contribution < -0.4 is 14.7 Å². The molecule has 0 bridgehead atoms. The average molecular weight is 421 g/mol. The first-order chi connectivity index (χ1) is 15.2. The normalized spacial score (nSPS) is 23.7. The average Bonchev–Trinajstić information content (AvgIpc) is 3.24. The fourth-order valence-electron chi connectivity index (χ4n) is 5.72. The zero-order valence-electron chi connectivity index (χ0n) is 18.1. The van der Waals surface area contributed by atoms with Crippen molar-refractivity contribution in [3.63, 3.8) is 0 Å². The number of hydrogen-bond acceptors (Lipinski definition) is 5. The number of aliphatic carboxylic acids is 1. The summed E-state index contributed by atoms with van der Waals surface area (Å²) in [5, 5.41) is 9.17. The van der Waals surface area contributed by atoms with Crippen LogP contribution in [0, 0.1) is 0 Å². The Morgan fingerprint density at radius 1 is 0.903 bits per heavy atom. The second kappa shape index (κ2) is 8.77. The summed E-state index contributed by atoms with van der Waals surface area (Å²) in [6, 6.07) is 13.5. The Morgan fingerprint density at radius 2 is 1.74 bits per heavy atom. The number of nitrogens with zero attached hydrogens (tertiary/aromatic N) is 4. The number of aromatic nitrogens is 1. The lowest BCUT2D eigenvalue weighted by molar-refractivity contribution is -0.136. The smallest absolute Gasteiger partial charge is 0.307 e. The highest BCUT2D eigenvalue weighted by molar-refractivity contribution is 5.71. The molecule has 3 aliphatic rings. The van der Waals surface area contributed by atoms with Gasteiger partial charge in [-0.05, 0) is 62.3 Å². The lowest BCUT2D eigenvalue weighted by Gasteiger charge is -2.42. The van der Waals surface area contributed by atoms with Crippen LogP contribution in [-0.2, 0) is 11.2 Å². The molecule has 4 heterocycles. The lowest BCUT2D eigenvalue weighted by atomic mass is 9.95. The third kappa shape index (κ3) is 4.21. The molecule has 1 N–H and O–H groups in total. The van der Waals surface area contributed by atoms with Crippen molar-refractivity contribution in [1.29, 1.82) is 0 Å².